The molecule has 2 saturated carbocycles. The van der Waals surface area contributed by atoms with Gasteiger partial charge in [0.1, 0.15) is 35.9 Å². The summed E-state index contributed by atoms with van der Waals surface area (Å²) in [5.74, 6) is -5.61. The number of fused-ring (bicyclic) bond motifs is 4. The van der Waals surface area contributed by atoms with Crippen LogP contribution in [0.4, 0.5) is 0 Å². The average Bonchev–Trinajstić information content (AvgIpc) is 3.63. The maximum atomic E-state index is 13.1. The van der Waals surface area contributed by atoms with E-state index in [2.05, 4.69) is 35.8 Å². The number of nitrogens with zero attached hydrogens (tertiary/aromatic N) is 2. The Hall–Kier alpha value is -5.13. The van der Waals surface area contributed by atoms with Crippen molar-refractivity contribution in [2.45, 2.75) is 176 Å². The Morgan fingerprint density at radius 1 is 0.598 bits per heavy atom. The van der Waals surface area contributed by atoms with Gasteiger partial charge in [0, 0.05) is 46.7 Å². The first-order valence-corrected chi connectivity index (χ1v) is 29.1. The van der Waals surface area contributed by atoms with Gasteiger partial charge in [0.15, 0.2) is 0 Å². The highest BCUT2D eigenvalue weighted by molar-refractivity contribution is 7.46. The minimum absolute atomic E-state index is 0.0231. The molecule has 13 N–H and O–H groups in total. The zero-order valence-electron chi connectivity index (χ0n) is 46.2. The highest BCUT2D eigenvalue weighted by Gasteiger charge is 2.65. The number of carbonyl (C=O) groups is 2. The lowest BCUT2D eigenvalue weighted by atomic mass is 9.74. The molecule has 2 amide bonds. The number of pyridine rings is 2. The number of aliphatic hydroxyl groups is 6. The summed E-state index contributed by atoms with van der Waals surface area (Å²) in [4.78, 5) is 52.9. The molecule has 6 fully saturated rings. The number of amides is 2. The predicted octanol–water partition coefficient (Wildman–Crippen LogP) is 0.643. The van der Waals surface area contributed by atoms with Gasteiger partial charge in [0.2, 0.25) is 36.0 Å². The van der Waals surface area contributed by atoms with Crippen LogP contribution >= 0.6 is 7.82 Å². The first kappa shape index (κ1) is 61.4. The Bertz CT molecular complexity index is 2860. The summed E-state index contributed by atoms with van der Waals surface area (Å²) in [6.45, 7) is 7.34. The van der Waals surface area contributed by atoms with Crippen molar-refractivity contribution < 1.29 is 92.6 Å². The second kappa shape index (κ2) is 25.2. The normalized spacial score (nSPS) is 36.9. The number of phenols is 1. The summed E-state index contributed by atoms with van der Waals surface area (Å²) < 4.78 is 51.9. The number of hydrogen-bond acceptors (Lipinski definition) is 21. The largest absolute Gasteiger partial charge is 0.524 e. The van der Waals surface area contributed by atoms with Crippen molar-refractivity contribution in [3.8, 4) is 33.8 Å². The third-order valence-corrected chi connectivity index (χ3v) is 16.9. The van der Waals surface area contributed by atoms with Gasteiger partial charge in [-0.25, -0.2) is 4.57 Å². The Morgan fingerprint density at radius 3 is 1.34 bits per heavy atom. The Balaban J connectivity index is 0.000000198. The van der Waals surface area contributed by atoms with E-state index >= 15 is 0 Å². The summed E-state index contributed by atoms with van der Waals surface area (Å²) >= 11 is 0. The molecule has 26 heteroatoms. The number of hydrogen-bond donors (Lipinski definition) is 13. The quantitative estimate of drug-likeness (QED) is 0.0771. The van der Waals surface area contributed by atoms with Crippen LogP contribution in [0.15, 0.2) is 85.2 Å². The number of phosphoric acid groups is 1. The molecule has 10 rings (SSSR count). The molecule has 448 valence electrons. The Morgan fingerprint density at radius 2 is 0.988 bits per heavy atom. The van der Waals surface area contributed by atoms with E-state index in [0.717, 1.165) is 16.7 Å². The third-order valence-electron chi connectivity index (χ3n) is 16.5. The zero-order valence-corrected chi connectivity index (χ0v) is 47.1. The highest BCUT2D eigenvalue weighted by Crippen LogP contribution is 2.46. The molecule has 25 nitrogen and oxygen atoms in total. The molecule has 2 aliphatic carbocycles. The van der Waals surface area contributed by atoms with Crippen LogP contribution in [0.1, 0.15) is 64.8 Å². The number of aromatic nitrogens is 2. The molecule has 2 aromatic heterocycles. The fourth-order valence-corrected chi connectivity index (χ4v) is 12.6. The van der Waals surface area contributed by atoms with E-state index in [1.165, 1.54) is 12.1 Å². The smallest absolute Gasteiger partial charge is 0.508 e. The van der Waals surface area contributed by atoms with Gasteiger partial charge >= 0.3 is 7.82 Å². The van der Waals surface area contributed by atoms with Crippen molar-refractivity contribution in [2.75, 3.05) is 14.1 Å². The maximum absolute atomic E-state index is 13.1. The molecule has 4 aliphatic heterocycles. The number of ether oxygens (including phenoxy) is 6. The van der Waals surface area contributed by atoms with Gasteiger partial charge in [-0.15, -0.1) is 0 Å². The van der Waals surface area contributed by atoms with Gasteiger partial charge in [-0.05, 0) is 101 Å². The van der Waals surface area contributed by atoms with E-state index in [9.17, 15) is 49.9 Å². The number of benzene rings is 2. The van der Waals surface area contributed by atoms with E-state index in [4.69, 9.17) is 38.2 Å². The number of aromatic hydroxyl groups is 1. The van der Waals surface area contributed by atoms with E-state index in [1.807, 2.05) is 26.8 Å². The first-order valence-electron chi connectivity index (χ1n) is 27.6. The van der Waals surface area contributed by atoms with Crippen LogP contribution in [-0.2, 0) is 55.4 Å². The maximum Gasteiger partial charge on any atom is 0.524 e. The number of carbonyl (C=O) groups excluding carboxylic acids is 2. The molecular weight excluding hydrogens is 1090 g/mol. The molecule has 0 unspecified atom stereocenters. The van der Waals surface area contributed by atoms with Crippen LogP contribution in [-0.4, -0.2) is 191 Å². The van der Waals surface area contributed by atoms with Crippen LogP contribution < -0.4 is 25.8 Å². The van der Waals surface area contributed by atoms with Crippen molar-refractivity contribution >= 4 is 19.6 Å². The fraction of sp³-hybridized carbons (Fsp3) is 0.571. The van der Waals surface area contributed by atoms with Gasteiger partial charge < -0.3 is 90.0 Å². The van der Waals surface area contributed by atoms with Gasteiger partial charge in [-0.3, -0.25) is 29.3 Å². The lowest BCUT2D eigenvalue weighted by Gasteiger charge is -2.58. The SMILES string of the molecule is CC[C@@H]1[C@H](O)[C@H](NC)[C@H]2O[C@]3(O)[C@H](O[C@@H]2[C@H]1O)O[C@H](C)C[C@H]3NC(=O)Cc1ccc(-c2ccc(O)cc2)cn1.CC[C@@H]1[C@H](O)[C@H](NC)[C@H]2O[C@]3(O)[C@H](O[C@@H]2[C@H]1O)O[C@H](C)C[C@H]3NC(=O)Cc1ccc(-c2ccc(OP(=O)(O)O)cc2)cn1. The fourth-order valence-electron chi connectivity index (χ4n) is 12.2. The predicted molar refractivity (Wildman–Crippen MR) is 290 cm³/mol. The van der Waals surface area contributed by atoms with Crippen LogP contribution in [0.2, 0.25) is 0 Å². The lowest BCUT2D eigenvalue weighted by Crippen LogP contribution is -2.77. The number of rotatable bonds is 14. The summed E-state index contributed by atoms with van der Waals surface area (Å²) in [6, 6.07) is 16.9. The number of aliphatic hydroxyl groups excluding tert-OH is 4. The summed E-state index contributed by atoms with van der Waals surface area (Å²) in [5.41, 5.74) is 4.17. The van der Waals surface area contributed by atoms with Crippen LogP contribution in [0, 0.1) is 11.8 Å². The number of phosphoric ester groups is 1. The molecule has 0 radical (unpaired) electrons. The van der Waals surface area contributed by atoms with E-state index in [-0.39, 0.29) is 49.2 Å². The van der Waals surface area contributed by atoms with Gasteiger partial charge in [-0.2, -0.15) is 0 Å². The molecule has 6 aliphatic rings. The molecular formula is C56H75N6O19P. The van der Waals surface area contributed by atoms with E-state index in [1.54, 1.807) is 88.0 Å². The highest BCUT2D eigenvalue weighted by atomic mass is 31.2. The Labute approximate surface area is 473 Å². The minimum atomic E-state index is -4.65. The first-order chi connectivity index (χ1) is 39.0. The average molecular weight is 1170 g/mol. The summed E-state index contributed by atoms with van der Waals surface area (Å²) in [5, 5.41) is 88.4. The standard InChI is InChI=1S/C28H38N3O11P.C28H37N3O8/c1-4-19-23(33)22(29-3)25-26(24(19)34)40-27-28(35,41-25)20(11-14(2)39-27)31-21(32)12-17-8-5-16(13-30-17)15-6-9-18(10-7-15)42-43(36,37)38;1-4-19-23(34)22(29-3)25-26(24(19)35)38-27-28(36,39-25)20(11-14(2)37-27)31-21(33)12-17-8-5-16(13-30-17)15-6-9-18(32)10-7-15/h5-10,13-14,19-20,22-27,29,33-35H,4,11-12H2,1-3H3,(H,31,32)(H2,36,37,38);5-10,13-14,19-20,22-27,29,32,34-36H,4,11-12H2,1-3H3,(H,31,33)/t2*14-,19-,20-,22+,23+,24+,25-,26-,27+,28+/m11/s1. The second-order valence-electron chi connectivity index (χ2n) is 22.0. The number of nitrogens with one attached hydrogen (secondary N) is 4. The minimum Gasteiger partial charge on any atom is -0.508 e. The second-order valence-corrected chi connectivity index (χ2v) is 23.1. The zero-order chi connectivity index (χ0) is 59.0. The van der Waals surface area contributed by atoms with Gasteiger partial charge in [0.25, 0.3) is 0 Å². The van der Waals surface area contributed by atoms with Gasteiger partial charge in [0.05, 0.1) is 73.6 Å². The van der Waals surface area contributed by atoms with Crippen LogP contribution in [0.25, 0.3) is 22.3 Å². The van der Waals surface area contributed by atoms with Gasteiger partial charge in [-0.1, -0.05) is 50.2 Å². The lowest BCUT2D eigenvalue weighted by molar-refractivity contribution is -0.450. The molecule has 20 atom stereocenters. The van der Waals surface area contributed by atoms with E-state index < -0.39 is 129 Å². The molecule has 0 bridgehead atoms. The van der Waals surface area contributed by atoms with Crippen LogP contribution in [0.3, 0.4) is 0 Å². The number of likely N-dealkylation sites (N-methyl/N-ethyl adjacent to an activating group) is 2. The summed E-state index contributed by atoms with van der Waals surface area (Å²) in [6.07, 6.45) is -6.09. The molecule has 4 aromatic rings. The van der Waals surface area contributed by atoms with Crippen molar-refractivity contribution in [1.29, 1.82) is 0 Å². The monoisotopic (exact) mass is 1170 g/mol. The van der Waals surface area contributed by atoms with Crippen LogP contribution in [0.5, 0.6) is 11.5 Å². The molecule has 4 saturated heterocycles. The molecule has 2 aromatic carbocycles. The topological polar surface area (TPSA) is 372 Å². The van der Waals surface area contributed by atoms with Crippen molar-refractivity contribution in [3.63, 3.8) is 0 Å². The molecule has 6 heterocycles. The van der Waals surface area contributed by atoms with E-state index in [0.29, 0.717) is 29.8 Å². The Kier molecular flexibility index (Phi) is 18.9. The van der Waals surface area contributed by atoms with Crippen molar-refractivity contribution in [3.05, 3.63) is 96.6 Å². The number of phenolic OH excluding ortho intramolecular Hbond substituents is 1. The summed E-state index contributed by atoms with van der Waals surface area (Å²) in [7, 11) is -1.33. The molecule has 82 heavy (non-hydrogen) atoms. The molecule has 0 spiro atoms. The third kappa shape index (κ3) is 12.9. The van der Waals surface area contributed by atoms with Crippen molar-refractivity contribution in [2.24, 2.45) is 11.8 Å². The van der Waals surface area contributed by atoms with Crippen molar-refractivity contribution in [1.82, 2.24) is 31.2 Å².